The lowest BCUT2D eigenvalue weighted by Gasteiger charge is -2.45. The van der Waals surface area contributed by atoms with Crippen LogP contribution >= 0.6 is 0 Å². The first-order valence-corrected chi connectivity index (χ1v) is 29.8. The van der Waals surface area contributed by atoms with Crippen LogP contribution in [0.4, 0.5) is 0 Å². The number of hydrogen-bond donors (Lipinski definition) is 37. The van der Waals surface area contributed by atoms with Crippen LogP contribution in [0.25, 0.3) is 0 Å². The summed E-state index contributed by atoms with van der Waals surface area (Å²) in [6.45, 7) is -8.69. The highest BCUT2D eigenvalue weighted by atomic mass is 16.8. The summed E-state index contributed by atoms with van der Waals surface area (Å²) in [5, 5.41) is 341. The maximum Gasteiger partial charge on any atom is 0.224 e. The van der Waals surface area contributed by atoms with E-state index in [0.717, 1.165) is 0 Å². The molecule has 0 bridgehead atoms. The van der Waals surface area contributed by atoms with Gasteiger partial charge in [0.1, 0.15) is 196 Å². The number of hydrogen-bond acceptors (Lipinski definition) is 48. The molecule has 36 atom stereocenters. The summed E-state index contributed by atoms with van der Waals surface area (Å²) in [7, 11) is 0. The third-order valence-corrected chi connectivity index (χ3v) is 15.7. The SMILES string of the molecule is O=C(CO)[C@@H](O)[C@H](O)[C@H](O)CO[C@H]1O[C@H](CO)[C@@H](O)[C@H](O)[C@H]1O.OCC(O)CO.OC[C@H]1OC(O)[C@H](O)[C@@H](O)[C@@H]1O.OC[C@H]1O[C@@H](O[C@H]2[C@H](O)[C@@H](O)C(O)O[C@@H]2CO)[C@H](O)[C@@H](O)[C@H]1O.OC[C@H]1O[C@@](CO)(O[C@H]2O[C@H](CO)[C@@H](O)[C@H](O)[C@H]2O)[C@@H](O)[C@@H]1O.OC[C@H]1O[C@](O)(CO)[C@@H](O)[C@@H]1O. The average molecular weight is 1480 g/mol. The Morgan fingerprint density at radius 2 is 0.737 bits per heavy atom. The minimum Gasteiger partial charge on any atom is -0.394 e. The molecule has 0 aromatic carbocycles. The van der Waals surface area contributed by atoms with Crippen molar-refractivity contribution in [1.82, 2.24) is 0 Å². The molecule has 0 radical (unpaired) electrons. The number of ketones is 1. The monoisotopic (exact) mass is 1480 g/mol. The Balaban J connectivity index is 0.000000421. The lowest BCUT2D eigenvalue weighted by molar-refractivity contribution is -0.383. The minimum atomic E-state index is -2.22. The Morgan fingerprint density at radius 3 is 1.11 bits per heavy atom. The Bertz CT molecular complexity index is 2170. The van der Waals surface area contributed by atoms with Crippen LogP contribution in [0, 0.1) is 0 Å². The highest BCUT2D eigenvalue weighted by molar-refractivity contribution is 5.84. The van der Waals surface area contributed by atoms with Crippen LogP contribution in [0.15, 0.2) is 0 Å². The number of aliphatic hydroxyl groups is 37. The molecule has 99 heavy (non-hydrogen) atoms. The van der Waals surface area contributed by atoms with Gasteiger partial charge in [-0.05, 0) is 0 Å². The van der Waals surface area contributed by atoms with Crippen LogP contribution in [0.1, 0.15) is 0 Å². The van der Waals surface area contributed by atoms with Gasteiger partial charge >= 0.3 is 0 Å². The maximum absolute atomic E-state index is 11.0. The van der Waals surface area contributed by atoms with Gasteiger partial charge in [-0.25, -0.2) is 0 Å². The molecule has 590 valence electrons. The topological polar surface area (TPSA) is 858 Å². The molecule has 7 heterocycles. The van der Waals surface area contributed by atoms with Crippen molar-refractivity contribution in [2.24, 2.45) is 0 Å². The molecule has 0 aromatic rings. The van der Waals surface area contributed by atoms with Gasteiger partial charge in [0.2, 0.25) is 11.6 Å². The summed E-state index contributed by atoms with van der Waals surface area (Å²) in [6, 6.07) is 0. The number of Topliss-reactive ketones (excluding diaryl/α,β-unsaturated/α-hetero) is 1. The van der Waals surface area contributed by atoms with Crippen LogP contribution in [-0.4, -0.2) is 507 Å². The lowest BCUT2D eigenvalue weighted by atomic mass is 9.97. The predicted molar refractivity (Wildman–Crippen MR) is 299 cm³/mol. The fourth-order valence-electron chi connectivity index (χ4n) is 9.48. The quantitative estimate of drug-likeness (QED) is 0.0479. The molecule has 0 saturated carbocycles. The van der Waals surface area contributed by atoms with Gasteiger partial charge in [0.15, 0.2) is 37.2 Å². The van der Waals surface area contributed by atoms with E-state index in [0.29, 0.717) is 0 Å². The van der Waals surface area contributed by atoms with Crippen molar-refractivity contribution in [3.05, 3.63) is 0 Å². The fourth-order valence-corrected chi connectivity index (χ4v) is 9.48. The normalized spacial score (nSPS) is 44.6. The molecule has 37 N–H and O–H groups in total. The molecule has 2 unspecified atom stereocenters. The van der Waals surface area contributed by atoms with E-state index in [1.165, 1.54) is 0 Å². The first-order valence-electron chi connectivity index (χ1n) is 29.8. The summed E-state index contributed by atoms with van der Waals surface area (Å²) in [6.07, 6.45) is -53.7. The van der Waals surface area contributed by atoms with Gasteiger partial charge in [-0.2, -0.15) is 0 Å². The molecule has 7 rings (SSSR count). The van der Waals surface area contributed by atoms with E-state index in [-0.39, 0.29) is 13.2 Å². The van der Waals surface area contributed by atoms with E-state index < -0.39 is 305 Å². The Kier molecular flexibility index (Phi) is 40.7. The van der Waals surface area contributed by atoms with Gasteiger partial charge < -0.3 is 236 Å². The van der Waals surface area contributed by atoms with Gasteiger partial charge in [0.05, 0.1) is 72.7 Å². The summed E-state index contributed by atoms with van der Waals surface area (Å²) in [4.78, 5) is 11.0. The molecule has 48 nitrogen and oxygen atoms in total. The van der Waals surface area contributed by atoms with E-state index >= 15 is 0 Å². The second-order valence-corrected chi connectivity index (χ2v) is 22.8. The number of aliphatic hydroxyl groups excluding tert-OH is 36. The van der Waals surface area contributed by atoms with Crippen LogP contribution in [0.2, 0.25) is 0 Å². The van der Waals surface area contributed by atoms with Gasteiger partial charge in [-0.15, -0.1) is 0 Å². The number of carbonyl (C=O) groups excluding carboxylic acids is 1. The highest BCUT2D eigenvalue weighted by Crippen LogP contribution is 2.37. The zero-order chi connectivity index (χ0) is 76.0. The van der Waals surface area contributed by atoms with Crippen molar-refractivity contribution >= 4 is 5.78 Å². The molecular weight excluding hydrogens is 1380 g/mol. The number of rotatable bonds is 22. The Labute approximate surface area is 558 Å². The third kappa shape index (κ3) is 23.9. The Hall–Kier alpha value is -2.21. The van der Waals surface area contributed by atoms with Crippen molar-refractivity contribution in [3.63, 3.8) is 0 Å². The highest BCUT2D eigenvalue weighted by Gasteiger charge is 2.59. The van der Waals surface area contributed by atoms with E-state index in [4.69, 9.17) is 125 Å². The number of ether oxygens (including phenoxy) is 10. The number of carbonyl (C=O) groups is 1. The zero-order valence-electron chi connectivity index (χ0n) is 51.9. The lowest BCUT2D eigenvalue weighted by Crippen LogP contribution is -2.64. The molecule has 0 aromatic heterocycles. The summed E-state index contributed by atoms with van der Waals surface area (Å²) < 4.78 is 49.9. The van der Waals surface area contributed by atoms with Crippen molar-refractivity contribution in [2.75, 3.05) is 85.9 Å². The summed E-state index contributed by atoms with van der Waals surface area (Å²) in [5.41, 5.74) is 0. The molecule has 7 aliphatic heterocycles. The fraction of sp³-hybridized carbons (Fsp3) is 0.980. The van der Waals surface area contributed by atoms with Crippen LogP contribution in [0.3, 0.4) is 0 Å². The van der Waals surface area contributed by atoms with E-state index in [1.807, 2.05) is 0 Å². The van der Waals surface area contributed by atoms with Crippen molar-refractivity contribution < 1.29 is 241 Å². The van der Waals surface area contributed by atoms with Crippen molar-refractivity contribution in [1.29, 1.82) is 0 Å². The van der Waals surface area contributed by atoms with Gasteiger partial charge in [0.25, 0.3) is 0 Å². The second kappa shape index (κ2) is 43.4. The standard InChI is InChI=1S/3C12H22O11.2C6H12O6.C3H8O3/c13-1-4-6(16)8(18)9(19)11(21-4)23-12(3-15)10(20)7(17)5(2-14)22-12;13-1-3-5(15)6(16)9(19)12(22-3)23-10-4(2-14)21-11(20)8(18)7(10)17;13-1-4(15)7(17)8(18)5(16)3-22-12-11(21)10(20)9(19)6(2-14)23-12;7-1-3-4(9)5(10)6(11,2-8)12-3;7-1-2-3(8)4(9)5(10)6(11)12-2;4-1-3(6)2-5/h4-11,13-20H,1-3H2;3-20H,1-2H2;5-14,16-21H,1-3H2;3-5,7-11H,1-2H2;2-11H,1H2;3-6H,1-2H2/t4-,5-,6-,7-,8+,9-,10+,11-,12+;3-,4-,5+,6+,7-,8-,9-,10-,11?,12+;5-,6-,7-,8-,9-,10+,11-,12+;3-,4-,5+,6-;2-,3-,4+,5-,6?;/m11111./s1. The third-order valence-electron chi connectivity index (χ3n) is 15.7. The van der Waals surface area contributed by atoms with Crippen LogP contribution in [-0.2, 0) is 52.2 Å². The first kappa shape index (κ1) is 92.9. The molecular formula is C51H98O48. The van der Waals surface area contributed by atoms with Gasteiger partial charge in [0, 0.05) is 0 Å². The molecule has 0 spiro atoms. The molecule has 0 aliphatic carbocycles. The van der Waals surface area contributed by atoms with Crippen LogP contribution < -0.4 is 0 Å². The molecule has 7 fully saturated rings. The average Bonchev–Trinajstić information content (AvgIpc) is 1.59. The van der Waals surface area contributed by atoms with Crippen molar-refractivity contribution in [3.8, 4) is 0 Å². The molecule has 48 heteroatoms. The maximum atomic E-state index is 11.0. The van der Waals surface area contributed by atoms with Crippen LogP contribution in [0.5, 0.6) is 0 Å². The molecule has 7 saturated heterocycles. The van der Waals surface area contributed by atoms with E-state index in [1.54, 1.807) is 0 Å². The largest absolute Gasteiger partial charge is 0.394 e. The van der Waals surface area contributed by atoms with Gasteiger partial charge in [-0.3, -0.25) is 4.79 Å². The first-order chi connectivity index (χ1) is 46.3. The smallest absolute Gasteiger partial charge is 0.224 e. The second-order valence-electron chi connectivity index (χ2n) is 22.8. The van der Waals surface area contributed by atoms with E-state index in [2.05, 4.69) is 9.47 Å². The van der Waals surface area contributed by atoms with Gasteiger partial charge in [-0.1, -0.05) is 0 Å². The minimum absolute atomic E-state index is 0.365. The summed E-state index contributed by atoms with van der Waals surface area (Å²) in [5.74, 6) is -5.49. The predicted octanol–water partition coefficient (Wildman–Crippen LogP) is -24.5. The Morgan fingerprint density at radius 1 is 0.374 bits per heavy atom. The zero-order valence-corrected chi connectivity index (χ0v) is 51.9. The van der Waals surface area contributed by atoms with Crippen molar-refractivity contribution in [2.45, 2.75) is 226 Å². The summed E-state index contributed by atoms with van der Waals surface area (Å²) >= 11 is 0. The van der Waals surface area contributed by atoms with E-state index in [9.17, 15) is 107 Å². The molecule has 7 aliphatic rings. The molecule has 0 amide bonds.